The number of benzene rings is 3. The third-order valence-electron chi connectivity index (χ3n) is 5.51. The van der Waals surface area contributed by atoms with Gasteiger partial charge in [0.05, 0.1) is 17.0 Å². The van der Waals surface area contributed by atoms with Gasteiger partial charge in [-0.1, -0.05) is 42.0 Å². The fourth-order valence-electron chi connectivity index (χ4n) is 4.05. The highest BCUT2D eigenvalue weighted by Crippen LogP contribution is 2.41. The van der Waals surface area contributed by atoms with Crippen molar-refractivity contribution in [2.24, 2.45) is 0 Å². The van der Waals surface area contributed by atoms with Gasteiger partial charge in [-0.2, -0.15) is 0 Å². The van der Waals surface area contributed by atoms with Crippen molar-refractivity contribution >= 4 is 22.6 Å². The van der Waals surface area contributed by atoms with Gasteiger partial charge in [-0.15, -0.1) is 0 Å². The summed E-state index contributed by atoms with van der Waals surface area (Å²) in [6, 6.07) is 18.3. The van der Waals surface area contributed by atoms with Gasteiger partial charge in [0, 0.05) is 5.69 Å². The Morgan fingerprint density at radius 3 is 2.40 bits per heavy atom. The van der Waals surface area contributed by atoms with E-state index in [1.54, 1.807) is 4.90 Å². The highest BCUT2D eigenvalue weighted by molar-refractivity contribution is 6.10. The van der Waals surface area contributed by atoms with Crippen LogP contribution in [-0.4, -0.2) is 5.91 Å². The van der Waals surface area contributed by atoms with Crippen LogP contribution in [-0.2, 0) is 0 Å². The lowest BCUT2D eigenvalue weighted by atomic mass is 9.97. The lowest BCUT2D eigenvalue weighted by Gasteiger charge is -2.25. The van der Waals surface area contributed by atoms with Crippen LogP contribution in [0, 0.1) is 19.7 Å². The molecular weight excluding hydrogens is 381 g/mol. The van der Waals surface area contributed by atoms with Crippen LogP contribution in [0.1, 0.15) is 38.9 Å². The summed E-state index contributed by atoms with van der Waals surface area (Å²) >= 11 is 0. The zero-order chi connectivity index (χ0) is 21.0. The smallest absolute Gasteiger partial charge is 0.295 e. The molecule has 0 saturated carbocycles. The van der Waals surface area contributed by atoms with Crippen LogP contribution in [0.3, 0.4) is 0 Å². The second kappa shape index (κ2) is 6.66. The van der Waals surface area contributed by atoms with Gasteiger partial charge in [-0.05, 0) is 55.3 Å². The molecule has 1 aliphatic heterocycles. The van der Waals surface area contributed by atoms with Crippen molar-refractivity contribution in [2.75, 3.05) is 4.90 Å². The largest absolute Gasteiger partial charge is 0.450 e. The lowest BCUT2D eigenvalue weighted by molar-refractivity contribution is 0.0971. The van der Waals surface area contributed by atoms with E-state index in [-0.39, 0.29) is 33.6 Å². The third-order valence-corrected chi connectivity index (χ3v) is 5.51. The van der Waals surface area contributed by atoms with E-state index in [9.17, 15) is 14.0 Å². The van der Waals surface area contributed by atoms with E-state index in [0.717, 1.165) is 22.8 Å². The molecule has 0 radical (unpaired) electrons. The van der Waals surface area contributed by atoms with E-state index in [4.69, 9.17) is 4.42 Å². The lowest BCUT2D eigenvalue weighted by Crippen LogP contribution is -2.29. The molecule has 2 heterocycles. The Morgan fingerprint density at radius 2 is 1.67 bits per heavy atom. The SMILES string of the molecule is Cc1ccc(C2c3c(oc4ccc(F)cc4c3=O)C(=O)N2c2cccc(C)c2)cc1. The molecule has 1 aliphatic rings. The van der Waals surface area contributed by atoms with Crippen LogP contribution in [0.4, 0.5) is 10.1 Å². The minimum Gasteiger partial charge on any atom is -0.450 e. The second-order valence-electron chi connectivity index (χ2n) is 7.64. The van der Waals surface area contributed by atoms with Gasteiger partial charge in [0.15, 0.2) is 5.43 Å². The van der Waals surface area contributed by atoms with Gasteiger partial charge in [-0.3, -0.25) is 14.5 Å². The summed E-state index contributed by atoms with van der Waals surface area (Å²) in [6.07, 6.45) is 0. The molecular formula is C25H18FNO3. The Kier molecular flexibility index (Phi) is 4.07. The first kappa shape index (κ1) is 18.3. The minimum atomic E-state index is -0.654. The Bertz CT molecular complexity index is 1370. The average Bonchev–Trinajstić information content (AvgIpc) is 3.02. The van der Waals surface area contributed by atoms with E-state index < -0.39 is 11.9 Å². The molecule has 4 aromatic rings. The van der Waals surface area contributed by atoms with E-state index in [1.165, 1.54) is 12.1 Å². The standard InChI is InChI=1S/C25H18FNO3/c1-14-6-8-16(9-7-14)22-21-23(28)19-13-17(26)10-11-20(19)30-24(21)25(29)27(22)18-5-3-4-15(2)12-18/h3-13,22H,1-2H3. The van der Waals surface area contributed by atoms with Crippen LogP contribution in [0.2, 0.25) is 0 Å². The summed E-state index contributed by atoms with van der Waals surface area (Å²) in [5.74, 6) is -0.905. The van der Waals surface area contributed by atoms with Crippen LogP contribution in [0.25, 0.3) is 11.0 Å². The predicted molar refractivity (Wildman–Crippen MR) is 113 cm³/mol. The van der Waals surface area contributed by atoms with E-state index >= 15 is 0 Å². The van der Waals surface area contributed by atoms with Crippen molar-refractivity contribution in [1.82, 2.24) is 0 Å². The maximum Gasteiger partial charge on any atom is 0.295 e. The molecule has 1 unspecified atom stereocenters. The van der Waals surface area contributed by atoms with Gasteiger partial charge in [0.25, 0.3) is 5.91 Å². The molecule has 0 N–H and O–H groups in total. The molecule has 1 amide bonds. The van der Waals surface area contributed by atoms with E-state index in [2.05, 4.69) is 0 Å². The Hall–Kier alpha value is -3.73. The second-order valence-corrected chi connectivity index (χ2v) is 7.64. The first-order valence-corrected chi connectivity index (χ1v) is 9.67. The highest BCUT2D eigenvalue weighted by atomic mass is 19.1. The number of fused-ring (bicyclic) bond motifs is 2. The van der Waals surface area contributed by atoms with Crippen molar-refractivity contribution in [3.05, 3.63) is 111 Å². The maximum atomic E-state index is 13.8. The maximum absolute atomic E-state index is 13.8. The number of anilines is 1. The molecule has 0 bridgehead atoms. The molecule has 3 aromatic carbocycles. The Morgan fingerprint density at radius 1 is 0.900 bits per heavy atom. The number of carbonyl (C=O) groups is 1. The summed E-state index contributed by atoms with van der Waals surface area (Å²) in [4.78, 5) is 28.4. The predicted octanol–water partition coefficient (Wildman–Crippen LogP) is 5.30. The van der Waals surface area contributed by atoms with Crippen molar-refractivity contribution in [1.29, 1.82) is 0 Å². The molecule has 148 valence electrons. The molecule has 30 heavy (non-hydrogen) atoms. The number of halogens is 1. The topological polar surface area (TPSA) is 50.5 Å². The molecule has 1 aromatic heterocycles. The zero-order valence-corrected chi connectivity index (χ0v) is 16.5. The van der Waals surface area contributed by atoms with Gasteiger partial charge in [0.1, 0.15) is 11.4 Å². The summed E-state index contributed by atoms with van der Waals surface area (Å²) < 4.78 is 19.7. The molecule has 1 atom stereocenters. The molecule has 5 rings (SSSR count). The Balaban J connectivity index is 1.83. The first-order valence-electron chi connectivity index (χ1n) is 9.67. The number of hydrogen-bond acceptors (Lipinski definition) is 3. The van der Waals surface area contributed by atoms with Crippen molar-refractivity contribution < 1.29 is 13.6 Å². The minimum absolute atomic E-state index is 0.00573. The zero-order valence-electron chi connectivity index (χ0n) is 16.5. The number of nitrogens with zero attached hydrogens (tertiary/aromatic N) is 1. The molecule has 5 heteroatoms. The van der Waals surface area contributed by atoms with Crippen LogP contribution in [0.15, 0.2) is 75.9 Å². The van der Waals surface area contributed by atoms with Crippen molar-refractivity contribution in [2.45, 2.75) is 19.9 Å². The average molecular weight is 399 g/mol. The van der Waals surface area contributed by atoms with Crippen LogP contribution >= 0.6 is 0 Å². The number of amides is 1. The monoisotopic (exact) mass is 399 g/mol. The molecule has 0 fully saturated rings. The van der Waals surface area contributed by atoms with Crippen LogP contribution < -0.4 is 10.3 Å². The molecule has 0 spiro atoms. The normalized spacial score (nSPS) is 15.6. The van der Waals surface area contributed by atoms with Gasteiger partial charge in [-0.25, -0.2) is 4.39 Å². The Labute approximate surface area is 172 Å². The van der Waals surface area contributed by atoms with E-state index in [1.807, 2.05) is 62.4 Å². The quantitative estimate of drug-likeness (QED) is 0.460. The molecule has 0 aliphatic carbocycles. The fourth-order valence-corrected chi connectivity index (χ4v) is 4.05. The van der Waals surface area contributed by atoms with Crippen molar-refractivity contribution in [3.63, 3.8) is 0 Å². The summed E-state index contributed by atoms with van der Waals surface area (Å²) in [5.41, 5.74) is 3.57. The summed E-state index contributed by atoms with van der Waals surface area (Å²) in [5, 5.41) is 0.129. The number of carbonyl (C=O) groups excluding carboxylic acids is 1. The highest BCUT2D eigenvalue weighted by Gasteiger charge is 2.43. The summed E-state index contributed by atoms with van der Waals surface area (Å²) in [7, 11) is 0. The van der Waals surface area contributed by atoms with Gasteiger partial charge in [0.2, 0.25) is 5.76 Å². The fraction of sp³-hybridized carbons (Fsp3) is 0.120. The molecule has 0 saturated heterocycles. The first-order chi connectivity index (χ1) is 14.4. The van der Waals surface area contributed by atoms with E-state index in [0.29, 0.717) is 5.69 Å². The number of aryl methyl sites for hydroxylation is 2. The third kappa shape index (κ3) is 2.74. The van der Waals surface area contributed by atoms with Crippen LogP contribution in [0.5, 0.6) is 0 Å². The summed E-state index contributed by atoms with van der Waals surface area (Å²) in [6.45, 7) is 3.92. The number of hydrogen-bond donors (Lipinski definition) is 0. The molecule has 4 nitrogen and oxygen atoms in total. The van der Waals surface area contributed by atoms with Gasteiger partial charge < -0.3 is 4.42 Å². The van der Waals surface area contributed by atoms with Gasteiger partial charge >= 0.3 is 0 Å². The van der Waals surface area contributed by atoms with Crippen molar-refractivity contribution in [3.8, 4) is 0 Å². The number of rotatable bonds is 2.